The fourth-order valence-corrected chi connectivity index (χ4v) is 2.73. The van der Waals surface area contributed by atoms with E-state index in [1.165, 1.54) is 19.2 Å². The molecule has 3 rings (SSSR count). The molecule has 0 aliphatic rings. The quantitative estimate of drug-likeness (QED) is 0.450. The van der Waals surface area contributed by atoms with Crippen LogP contribution in [0.3, 0.4) is 0 Å². The summed E-state index contributed by atoms with van der Waals surface area (Å²) in [5, 5.41) is 0. The molecule has 4 nitrogen and oxygen atoms in total. The topological polar surface area (TPSA) is 52.6 Å². The molecule has 0 aliphatic carbocycles. The van der Waals surface area contributed by atoms with E-state index < -0.39 is 24.2 Å². The number of benzene rings is 3. The van der Waals surface area contributed by atoms with Gasteiger partial charge < -0.3 is 9.47 Å². The molecule has 142 valence electrons. The number of ether oxygens (including phenoxy) is 2. The van der Waals surface area contributed by atoms with Gasteiger partial charge in [0.2, 0.25) is 0 Å². The van der Waals surface area contributed by atoms with E-state index in [4.69, 9.17) is 9.47 Å². The highest BCUT2D eigenvalue weighted by Gasteiger charge is 2.13. The van der Waals surface area contributed by atoms with Crippen molar-refractivity contribution >= 4 is 11.8 Å². The second-order valence-electron chi connectivity index (χ2n) is 6.17. The van der Waals surface area contributed by atoms with Crippen molar-refractivity contribution in [1.29, 1.82) is 0 Å². The molecule has 0 aromatic heterocycles. The first-order valence-electron chi connectivity index (χ1n) is 8.73. The first-order valence-corrected chi connectivity index (χ1v) is 8.73. The van der Waals surface area contributed by atoms with Crippen molar-refractivity contribution in [3.05, 3.63) is 89.7 Å². The highest BCUT2D eigenvalue weighted by Crippen LogP contribution is 2.20. The summed E-state index contributed by atoms with van der Waals surface area (Å²) in [5.74, 6) is -1.59. The molecule has 28 heavy (non-hydrogen) atoms. The summed E-state index contributed by atoms with van der Waals surface area (Å²) in [5.41, 5.74) is 3.05. The van der Waals surface area contributed by atoms with Gasteiger partial charge in [0.25, 0.3) is 0 Å². The summed E-state index contributed by atoms with van der Waals surface area (Å²) in [6, 6.07) is 21.3. The van der Waals surface area contributed by atoms with Crippen molar-refractivity contribution in [1.82, 2.24) is 0 Å². The van der Waals surface area contributed by atoms with Gasteiger partial charge in [0, 0.05) is 5.56 Å². The summed E-state index contributed by atoms with van der Waals surface area (Å²) in [7, 11) is 1.34. The van der Waals surface area contributed by atoms with E-state index >= 15 is 0 Å². The summed E-state index contributed by atoms with van der Waals surface area (Å²) in [6.07, 6.45) is 0.0549. The fraction of sp³-hybridized carbons (Fsp3) is 0.130. The van der Waals surface area contributed by atoms with Gasteiger partial charge in [-0.05, 0) is 34.9 Å². The molecule has 5 heteroatoms. The molecule has 3 aromatic rings. The van der Waals surface area contributed by atoms with Gasteiger partial charge in [-0.25, -0.2) is 4.39 Å². The normalized spacial score (nSPS) is 10.4. The Morgan fingerprint density at radius 2 is 1.57 bits per heavy atom. The minimum Gasteiger partial charge on any atom is -0.494 e. The molecular formula is C23H19FO4. The van der Waals surface area contributed by atoms with Crippen LogP contribution in [0.2, 0.25) is 0 Å². The molecule has 0 bridgehead atoms. The van der Waals surface area contributed by atoms with Crippen LogP contribution < -0.4 is 4.74 Å². The highest BCUT2D eigenvalue weighted by atomic mass is 19.1. The van der Waals surface area contributed by atoms with Crippen molar-refractivity contribution in [2.24, 2.45) is 0 Å². The zero-order chi connectivity index (χ0) is 19.9. The van der Waals surface area contributed by atoms with Crippen LogP contribution in [0.4, 0.5) is 4.39 Å². The van der Waals surface area contributed by atoms with Gasteiger partial charge in [-0.2, -0.15) is 0 Å². The number of esters is 1. The van der Waals surface area contributed by atoms with E-state index in [9.17, 15) is 14.0 Å². The standard InChI is InChI=1S/C23H19FO4/c1-27-22-12-11-19(14-20(22)24)21(25)15-28-23(26)13-16-7-9-18(10-8-16)17-5-3-2-4-6-17/h2-12,14H,13,15H2,1H3. The monoisotopic (exact) mass is 378 g/mol. The Kier molecular flexibility index (Phi) is 6.17. The predicted molar refractivity (Wildman–Crippen MR) is 104 cm³/mol. The number of hydrogen-bond donors (Lipinski definition) is 0. The largest absolute Gasteiger partial charge is 0.494 e. The number of carbonyl (C=O) groups is 2. The Labute approximate surface area is 162 Å². The van der Waals surface area contributed by atoms with Gasteiger partial charge in [0.05, 0.1) is 13.5 Å². The van der Waals surface area contributed by atoms with Crippen LogP contribution >= 0.6 is 0 Å². The van der Waals surface area contributed by atoms with Gasteiger partial charge in [-0.15, -0.1) is 0 Å². The Bertz CT molecular complexity index is 966. The maximum Gasteiger partial charge on any atom is 0.310 e. The molecule has 0 unspecified atom stereocenters. The second kappa shape index (κ2) is 8.95. The van der Waals surface area contributed by atoms with Gasteiger partial charge in [0.1, 0.15) is 0 Å². The summed E-state index contributed by atoms with van der Waals surface area (Å²) >= 11 is 0. The second-order valence-corrected chi connectivity index (χ2v) is 6.17. The number of methoxy groups -OCH3 is 1. The number of halogens is 1. The van der Waals surface area contributed by atoms with Gasteiger partial charge in [-0.1, -0.05) is 54.6 Å². The van der Waals surface area contributed by atoms with E-state index in [1.54, 1.807) is 0 Å². The van der Waals surface area contributed by atoms with Crippen molar-refractivity contribution in [3.8, 4) is 16.9 Å². The molecule has 0 amide bonds. The molecule has 0 spiro atoms. The van der Waals surface area contributed by atoms with E-state index in [2.05, 4.69) is 0 Å². The smallest absolute Gasteiger partial charge is 0.310 e. The predicted octanol–water partition coefficient (Wildman–Crippen LogP) is 4.47. The first-order chi connectivity index (χ1) is 13.6. The molecule has 0 N–H and O–H groups in total. The number of hydrogen-bond acceptors (Lipinski definition) is 4. The van der Waals surface area contributed by atoms with Gasteiger partial charge in [-0.3, -0.25) is 9.59 Å². The Morgan fingerprint density at radius 1 is 0.893 bits per heavy atom. The summed E-state index contributed by atoms with van der Waals surface area (Å²) in [6.45, 7) is -0.438. The summed E-state index contributed by atoms with van der Waals surface area (Å²) in [4.78, 5) is 24.1. The zero-order valence-electron chi connectivity index (χ0n) is 15.4. The minimum absolute atomic E-state index is 0.0486. The van der Waals surface area contributed by atoms with Crippen molar-refractivity contribution in [2.45, 2.75) is 6.42 Å². The molecule has 0 heterocycles. The van der Waals surface area contributed by atoms with E-state index in [1.807, 2.05) is 54.6 Å². The third-order valence-corrected chi connectivity index (χ3v) is 4.25. The summed E-state index contributed by atoms with van der Waals surface area (Å²) < 4.78 is 23.5. The van der Waals surface area contributed by atoms with Crippen LogP contribution in [-0.2, 0) is 16.0 Å². The van der Waals surface area contributed by atoms with E-state index in [0.29, 0.717) is 0 Å². The molecule has 3 aromatic carbocycles. The lowest BCUT2D eigenvalue weighted by Gasteiger charge is -2.07. The molecule has 0 saturated heterocycles. The molecule has 0 aliphatic heterocycles. The average Bonchev–Trinajstić information content (AvgIpc) is 2.73. The third-order valence-electron chi connectivity index (χ3n) is 4.25. The first kappa shape index (κ1) is 19.3. The molecular weight excluding hydrogens is 359 g/mol. The maximum atomic E-state index is 13.7. The van der Waals surface area contributed by atoms with Crippen LogP contribution in [-0.4, -0.2) is 25.5 Å². The molecule has 0 fully saturated rings. The molecule has 0 radical (unpaired) electrons. The van der Waals surface area contributed by atoms with Crippen molar-refractivity contribution < 1.29 is 23.5 Å². The molecule has 0 saturated carbocycles. The van der Waals surface area contributed by atoms with Crippen molar-refractivity contribution in [2.75, 3.05) is 13.7 Å². The number of ketones is 1. The maximum absolute atomic E-state index is 13.7. The SMILES string of the molecule is COc1ccc(C(=O)COC(=O)Cc2ccc(-c3ccccc3)cc2)cc1F. The van der Waals surface area contributed by atoms with Gasteiger partial charge >= 0.3 is 5.97 Å². The third kappa shape index (κ3) is 4.82. The Balaban J connectivity index is 1.54. The van der Waals surface area contributed by atoms with E-state index in [0.717, 1.165) is 22.8 Å². The highest BCUT2D eigenvalue weighted by molar-refractivity contribution is 5.98. The molecule has 0 atom stereocenters. The van der Waals surface area contributed by atoms with Gasteiger partial charge in [0.15, 0.2) is 24.0 Å². The van der Waals surface area contributed by atoms with Crippen LogP contribution in [0, 0.1) is 5.82 Å². The number of rotatable bonds is 7. The average molecular weight is 378 g/mol. The van der Waals surface area contributed by atoms with Crippen LogP contribution in [0.25, 0.3) is 11.1 Å². The lowest BCUT2D eigenvalue weighted by molar-refractivity contribution is -0.141. The zero-order valence-corrected chi connectivity index (χ0v) is 15.4. The van der Waals surface area contributed by atoms with Crippen LogP contribution in [0.15, 0.2) is 72.8 Å². The number of Topliss-reactive ketones (excluding diaryl/α,β-unsaturated/α-hetero) is 1. The fourth-order valence-electron chi connectivity index (χ4n) is 2.73. The lowest BCUT2D eigenvalue weighted by atomic mass is 10.0. The Morgan fingerprint density at radius 3 is 2.21 bits per heavy atom. The van der Waals surface area contributed by atoms with E-state index in [-0.39, 0.29) is 17.7 Å². The minimum atomic E-state index is -0.641. The lowest BCUT2D eigenvalue weighted by Crippen LogP contribution is -2.16. The van der Waals surface area contributed by atoms with Crippen LogP contribution in [0.5, 0.6) is 5.75 Å². The van der Waals surface area contributed by atoms with Crippen LogP contribution in [0.1, 0.15) is 15.9 Å². The number of carbonyl (C=O) groups excluding carboxylic acids is 2. The Hall–Kier alpha value is -3.47. The van der Waals surface area contributed by atoms with Crippen molar-refractivity contribution in [3.63, 3.8) is 0 Å².